The maximum absolute atomic E-state index is 6.22. The maximum atomic E-state index is 6.22. The van der Waals surface area contributed by atoms with Crippen LogP contribution in [0.2, 0.25) is 0 Å². The second-order valence-electron chi connectivity index (χ2n) is 7.74. The Morgan fingerprint density at radius 2 is 1.71 bits per heavy atom. The van der Waals surface area contributed by atoms with Crippen molar-refractivity contribution in [2.75, 3.05) is 4.90 Å². The minimum absolute atomic E-state index is 0.801. The van der Waals surface area contributed by atoms with Crippen molar-refractivity contribution in [1.82, 2.24) is 4.98 Å². The zero-order chi connectivity index (χ0) is 19.7. The Kier molecular flexibility index (Phi) is 5.08. The van der Waals surface area contributed by atoms with Crippen LogP contribution < -0.4 is 9.64 Å². The Balaban J connectivity index is 1.84. The molecule has 1 aromatic heterocycles. The Hall–Kier alpha value is -2.81. The van der Waals surface area contributed by atoms with E-state index in [1.54, 1.807) is 0 Å². The average Bonchev–Trinajstić information content (AvgIpc) is 2.68. The summed E-state index contributed by atoms with van der Waals surface area (Å²) in [6, 6.07) is 13.1. The summed E-state index contributed by atoms with van der Waals surface area (Å²) in [7, 11) is 0. The normalized spacial score (nSPS) is 12.4. The lowest BCUT2D eigenvalue weighted by Gasteiger charge is -2.35. The number of para-hydroxylation sites is 1. The number of hydrogen-bond acceptors (Lipinski definition) is 3. The van der Waals surface area contributed by atoms with Gasteiger partial charge in [0.05, 0.1) is 23.3 Å². The van der Waals surface area contributed by atoms with Crippen molar-refractivity contribution >= 4 is 17.1 Å². The molecule has 2 aromatic carbocycles. The molecular formula is C25H28N2O. The van der Waals surface area contributed by atoms with Crippen molar-refractivity contribution in [2.24, 2.45) is 0 Å². The van der Waals surface area contributed by atoms with E-state index >= 15 is 0 Å². The Labute approximate surface area is 168 Å². The molecule has 3 heteroatoms. The van der Waals surface area contributed by atoms with Gasteiger partial charge in [-0.2, -0.15) is 0 Å². The van der Waals surface area contributed by atoms with E-state index in [1.165, 1.54) is 41.6 Å². The van der Waals surface area contributed by atoms with Gasteiger partial charge in [0.1, 0.15) is 0 Å². The van der Waals surface area contributed by atoms with Gasteiger partial charge in [-0.15, -0.1) is 0 Å². The zero-order valence-electron chi connectivity index (χ0n) is 17.2. The first kappa shape index (κ1) is 18.5. The summed E-state index contributed by atoms with van der Waals surface area (Å²) >= 11 is 0. The number of ether oxygens (including phenoxy) is 1. The smallest absolute Gasteiger partial charge is 0.169 e. The van der Waals surface area contributed by atoms with Crippen LogP contribution >= 0.6 is 0 Å². The van der Waals surface area contributed by atoms with Gasteiger partial charge in [0, 0.05) is 6.20 Å². The van der Waals surface area contributed by atoms with Crippen molar-refractivity contribution in [2.45, 2.75) is 53.4 Å². The molecule has 0 saturated carbocycles. The van der Waals surface area contributed by atoms with Crippen molar-refractivity contribution in [3.8, 4) is 11.5 Å². The molecule has 0 bridgehead atoms. The molecular weight excluding hydrogens is 344 g/mol. The molecule has 0 spiro atoms. The summed E-state index contributed by atoms with van der Waals surface area (Å²) in [4.78, 5) is 6.61. The molecule has 144 valence electrons. The summed E-state index contributed by atoms with van der Waals surface area (Å²) in [6.45, 7) is 8.79. The second-order valence-corrected chi connectivity index (χ2v) is 7.74. The van der Waals surface area contributed by atoms with Gasteiger partial charge in [-0.25, -0.2) is 0 Å². The number of aromatic nitrogens is 1. The topological polar surface area (TPSA) is 25.4 Å². The fourth-order valence-electron chi connectivity index (χ4n) is 4.18. The predicted octanol–water partition coefficient (Wildman–Crippen LogP) is 7.32. The third-order valence-corrected chi connectivity index (χ3v) is 5.49. The van der Waals surface area contributed by atoms with Crippen LogP contribution in [0.5, 0.6) is 11.5 Å². The molecule has 0 fully saturated rings. The van der Waals surface area contributed by atoms with E-state index < -0.39 is 0 Å². The number of aryl methyl sites for hydroxylation is 4. The van der Waals surface area contributed by atoms with E-state index in [0.29, 0.717) is 0 Å². The van der Waals surface area contributed by atoms with E-state index in [-0.39, 0.29) is 0 Å². The van der Waals surface area contributed by atoms with Gasteiger partial charge < -0.3 is 9.64 Å². The SMILES string of the molecule is CCCCCc1cc(C)c(N2c3ccncc3Oc3c(C)cccc32)c(C)c1. The van der Waals surface area contributed by atoms with Gasteiger partial charge in [0.15, 0.2) is 11.5 Å². The van der Waals surface area contributed by atoms with Gasteiger partial charge in [0.2, 0.25) is 0 Å². The number of rotatable bonds is 5. The van der Waals surface area contributed by atoms with Crippen LogP contribution in [0.25, 0.3) is 0 Å². The number of hydrogen-bond donors (Lipinski definition) is 0. The van der Waals surface area contributed by atoms with Crippen molar-refractivity contribution < 1.29 is 4.74 Å². The first-order chi connectivity index (χ1) is 13.6. The quantitative estimate of drug-likeness (QED) is 0.343. The molecule has 28 heavy (non-hydrogen) atoms. The largest absolute Gasteiger partial charge is 0.451 e. The summed E-state index contributed by atoms with van der Waals surface area (Å²) in [5, 5.41) is 0. The fourth-order valence-corrected chi connectivity index (χ4v) is 4.18. The first-order valence-electron chi connectivity index (χ1n) is 10.2. The number of anilines is 3. The maximum Gasteiger partial charge on any atom is 0.169 e. The van der Waals surface area contributed by atoms with Gasteiger partial charge in [0.25, 0.3) is 0 Å². The monoisotopic (exact) mass is 372 g/mol. The van der Waals surface area contributed by atoms with E-state index in [4.69, 9.17) is 4.74 Å². The molecule has 0 atom stereocenters. The van der Waals surface area contributed by atoms with E-state index in [2.05, 4.69) is 67.9 Å². The Bertz CT molecular complexity index is 986. The number of pyridine rings is 1. The van der Waals surface area contributed by atoms with E-state index in [1.807, 2.05) is 18.5 Å². The molecule has 0 unspecified atom stereocenters. The first-order valence-corrected chi connectivity index (χ1v) is 10.2. The van der Waals surface area contributed by atoms with Gasteiger partial charge in [-0.1, -0.05) is 44.0 Å². The Morgan fingerprint density at radius 3 is 2.46 bits per heavy atom. The Morgan fingerprint density at radius 1 is 0.929 bits per heavy atom. The molecule has 0 radical (unpaired) electrons. The minimum atomic E-state index is 0.801. The third kappa shape index (κ3) is 3.26. The summed E-state index contributed by atoms with van der Waals surface area (Å²) in [5.74, 6) is 1.71. The van der Waals surface area contributed by atoms with Crippen molar-refractivity contribution in [1.29, 1.82) is 0 Å². The van der Waals surface area contributed by atoms with Crippen molar-refractivity contribution in [3.63, 3.8) is 0 Å². The minimum Gasteiger partial charge on any atom is -0.451 e. The number of unbranched alkanes of at least 4 members (excludes halogenated alkanes) is 2. The molecule has 0 aliphatic carbocycles. The van der Waals surface area contributed by atoms with Crippen LogP contribution in [-0.2, 0) is 6.42 Å². The van der Waals surface area contributed by atoms with Crippen LogP contribution in [0.3, 0.4) is 0 Å². The molecule has 0 N–H and O–H groups in total. The number of nitrogens with zero attached hydrogens (tertiary/aromatic N) is 2. The van der Waals surface area contributed by atoms with Crippen LogP contribution in [-0.4, -0.2) is 4.98 Å². The van der Waals surface area contributed by atoms with Crippen LogP contribution in [0, 0.1) is 20.8 Å². The lowest BCUT2D eigenvalue weighted by molar-refractivity contribution is 0.471. The highest BCUT2D eigenvalue weighted by molar-refractivity contribution is 5.88. The number of benzene rings is 2. The molecule has 1 aliphatic rings. The summed E-state index contributed by atoms with van der Waals surface area (Å²) < 4.78 is 6.22. The molecule has 0 amide bonds. The number of fused-ring (bicyclic) bond motifs is 2. The van der Waals surface area contributed by atoms with Gasteiger partial charge in [-0.3, -0.25) is 4.98 Å². The highest BCUT2D eigenvalue weighted by Crippen LogP contribution is 2.52. The predicted molar refractivity (Wildman–Crippen MR) is 116 cm³/mol. The fraction of sp³-hybridized carbons (Fsp3) is 0.320. The van der Waals surface area contributed by atoms with Gasteiger partial charge in [-0.05, 0) is 68.0 Å². The lowest BCUT2D eigenvalue weighted by Crippen LogP contribution is -2.18. The zero-order valence-corrected chi connectivity index (χ0v) is 17.2. The molecule has 0 saturated heterocycles. The summed E-state index contributed by atoms with van der Waals surface area (Å²) in [6.07, 6.45) is 8.58. The van der Waals surface area contributed by atoms with E-state index in [0.717, 1.165) is 34.9 Å². The highest BCUT2D eigenvalue weighted by Gasteiger charge is 2.28. The molecule has 3 nitrogen and oxygen atoms in total. The molecule has 4 rings (SSSR count). The van der Waals surface area contributed by atoms with Crippen LogP contribution in [0.4, 0.5) is 17.1 Å². The highest BCUT2D eigenvalue weighted by atomic mass is 16.5. The third-order valence-electron chi connectivity index (χ3n) is 5.49. The molecule has 2 heterocycles. The summed E-state index contributed by atoms with van der Waals surface area (Å²) in [5.41, 5.74) is 8.51. The standard InChI is InChI=1S/C25H28N2O/c1-5-6-7-10-20-14-18(3)24(19(4)15-20)27-21-12-13-26-16-23(21)28-25-17(2)9-8-11-22(25)27/h8-9,11-16H,5-7,10H2,1-4H3. The average molecular weight is 373 g/mol. The molecule has 3 aromatic rings. The lowest BCUT2D eigenvalue weighted by atomic mass is 9.98. The van der Waals surface area contributed by atoms with Crippen LogP contribution in [0.1, 0.15) is 48.4 Å². The second kappa shape index (κ2) is 7.67. The van der Waals surface area contributed by atoms with Gasteiger partial charge >= 0.3 is 0 Å². The van der Waals surface area contributed by atoms with Crippen LogP contribution in [0.15, 0.2) is 48.8 Å². The molecule has 1 aliphatic heterocycles. The van der Waals surface area contributed by atoms with E-state index in [9.17, 15) is 0 Å². The van der Waals surface area contributed by atoms with Crippen molar-refractivity contribution in [3.05, 3.63) is 71.0 Å².